The van der Waals surface area contributed by atoms with Gasteiger partial charge >= 0.3 is 0 Å². The van der Waals surface area contributed by atoms with Crippen molar-refractivity contribution in [3.05, 3.63) is 36.5 Å². The second-order valence-corrected chi connectivity index (χ2v) is 5.73. The first-order valence-corrected chi connectivity index (χ1v) is 7.60. The molecular formula is C17H22N4. The van der Waals surface area contributed by atoms with Crippen LogP contribution in [0.25, 0.3) is 11.3 Å². The Bertz CT molecular complexity index is 603. The van der Waals surface area contributed by atoms with Gasteiger partial charge in [-0.05, 0) is 37.5 Å². The second-order valence-electron chi connectivity index (χ2n) is 5.73. The Labute approximate surface area is 126 Å². The third kappa shape index (κ3) is 3.15. The van der Waals surface area contributed by atoms with Crippen LogP contribution in [-0.4, -0.2) is 37.2 Å². The van der Waals surface area contributed by atoms with Gasteiger partial charge in [-0.15, -0.1) is 0 Å². The molecule has 0 atom stereocenters. The molecule has 0 amide bonds. The van der Waals surface area contributed by atoms with Gasteiger partial charge in [-0.3, -0.25) is 0 Å². The summed E-state index contributed by atoms with van der Waals surface area (Å²) < 4.78 is 0. The monoisotopic (exact) mass is 282 g/mol. The fourth-order valence-electron chi connectivity index (χ4n) is 2.70. The van der Waals surface area contributed by atoms with Crippen LogP contribution in [0, 0.1) is 0 Å². The fourth-order valence-corrected chi connectivity index (χ4v) is 2.70. The third-order valence-corrected chi connectivity index (χ3v) is 3.94. The lowest BCUT2D eigenvalue weighted by atomic mass is 10.1. The minimum Gasteiger partial charge on any atom is -0.378 e. The molecule has 1 saturated heterocycles. The second kappa shape index (κ2) is 6.12. The summed E-state index contributed by atoms with van der Waals surface area (Å²) in [5.41, 5.74) is 3.32. The Hall–Kier alpha value is -2.10. The molecule has 4 heteroatoms. The molecule has 3 rings (SSSR count). The molecule has 4 nitrogen and oxygen atoms in total. The summed E-state index contributed by atoms with van der Waals surface area (Å²) in [6, 6.07) is 10.4. The quantitative estimate of drug-likeness (QED) is 0.865. The lowest BCUT2D eigenvalue weighted by molar-refractivity contribution is 0.568. The van der Waals surface area contributed by atoms with Crippen LogP contribution in [0.4, 0.5) is 11.6 Å². The highest BCUT2D eigenvalue weighted by molar-refractivity contribution is 5.66. The zero-order valence-electron chi connectivity index (χ0n) is 12.8. The topological polar surface area (TPSA) is 32.3 Å². The Kier molecular flexibility index (Phi) is 4.04. The van der Waals surface area contributed by atoms with E-state index in [1.165, 1.54) is 24.9 Å². The highest BCUT2D eigenvalue weighted by atomic mass is 15.2. The summed E-state index contributed by atoms with van der Waals surface area (Å²) in [6.45, 7) is 2.14. The summed E-state index contributed by atoms with van der Waals surface area (Å²) in [5.74, 6) is 0.863. The van der Waals surface area contributed by atoms with Crippen molar-refractivity contribution in [2.75, 3.05) is 37.0 Å². The van der Waals surface area contributed by atoms with Gasteiger partial charge in [0.1, 0.15) is 0 Å². The van der Waals surface area contributed by atoms with E-state index in [1.807, 2.05) is 12.3 Å². The Balaban J connectivity index is 1.90. The highest BCUT2D eigenvalue weighted by Gasteiger charge is 2.14. The summed E-state index contributed by atoms with van der Waals surface area (Å²) in [5, 5.41) is 0. The van der Waals surface area contributed by atoms with E-state index in [0.717, 1.165) is 30.3 Å². The number of aromatic nitrogens is 2. The van der Waals surface area contributed by atoms with Crippen LogP contribution in [-0.2, 0) is 0 Å². The molecule has 0 radical (unpaired) electrons. The maximum Gasteiger partial charge on any atom is 0.225 e. The average Bonchev–Trinajstić information content (AvgIpc) is 2.56. The van der Waals surface area contributed by atoms with E-state index in [-0.39, 0.29) is 0 Å². The van der Waals surface area contributed by atoms with Gasteiger partial charge < -0.3 is 9.80 Å². The Morgan fingerprint density at radius 3 is 2.62 bits per heavy atom. The number of nitrogens with zero attached hydrogens (tertiary/aromatic N) is 4. The smallest absolute Gasteiger partial charge is 0.225 e. The van der Waals surface area contributed by atoms with Crippen LogP contribution in [0.3, 0.4) is 0 Å². The van der Waals surface area contributed by atoms with Crippen molar-refractivity contribution in [2.24, 2.45) is 0 Å². The minimum atomic E-state index is 0.863. The number of hydrogen-bond donors (Lipinski definition) is 0. The van der Waals surface area contributed by atoms with Crippen molar-refractivity contribution in [3.8, 4) is 11.3 Å². The van der Waals surface area contributed by atoms with E-state index in [1.54, 1.807) is 0 Å². The number of piperidine rings is 1. The first-order chi connectivity index (χ1) is 10.2. The van der Waals surface area contributed by atoms with E-state index >= 15 is 0 Å². The molecule has 0 N–H and O–H groups in total. The molecule has 0 unspecified atom stereocenters. The number of anilines is 2. The van der Waals surface area contributed by atoms with Gasteiger partial charge in [-0.25, -0.2) is 9.97 Å². The van der Waals surface area contributed by atoms with E-state index in [9.17, 15) is 0 Å². The van der Waals surface area contributed by atoms with Crippen LogP contribution in [0.15, 0.2) is 36.5 Å². The van der Waals surface area contributed by atoms with Gasteiger partial charge in [0.2, 0.25) is 5.95 Å². The van der Waals surface area contributed by atoms with Gasteiger partial charge in [0.25, 0.3) is 0 Å². The zero-order valence-corrected chi connectivity index (χ0v) is 12.8. The van der Waals surface area contributed by atoms with Crippen molar-refractivity contribution >= 4 is 11.6 Å². The first-order valence-electron chi connectivity index (χ1n) is 7.60. The molecule has 1 aromatic heterocycles. The van der Waals surface area contributed by atoms with Crippen LogP contribution in [0.1, 0.15) is 19.3 Å². The van der Waals surface area contributed by atoms with Gasteiger partial charge in [-0.1, -0.05) is 12.1 Å². The van der Waals surface area contributed by atoms with E-state index < -0.39 is 0 Å². The third-order valence-electron chi connectivity index (χ3n) is 3.94. The Morgan fingerprint density at radius 2 is 1.86 bits per heavy atom. The molecule has 0 bridgehead atoms. The maximum atomic E-state index is 4.76. The molecule has 0 saturated carbocycles. The largest absolute Gasteiger partial charge is 0.378 e. The molecule has 1 fully saturated rings. The number of hydrogen-bond acceptors (Lipinski definition) is 4. The summed E-state index contributed by atoms with van der Waals surface area (Å²) in [4.78, 5) is 13.6. The number of benzene rings is 1. The van der Waals surface area contributed by atoms with Crippen molar-refractivity contribution in [3.63, 3.8) is 0 Å². The average molecular weight is 282 g/mol. The molecule has 110 valence electrons. The predicted molar refractivity (Wildman–Crippen MR) is 87.9 cm³/mol. The van der Waals surface area contributed by atoms with Gasteiger partial charge in [0.15, 0.2) is 0 Å². The molecule has 21 heavy (non-hydrogen) atoms. The first kappa shape index (κ1) is 13.9. The van der Waals surface area contributed by atoms with Crippen molar-refractivity contribution in [2.45, 2.75) is 19.3 Å². The molecule has 0 aliphatic carbocycles. The SMILES string of the molecule is CN(C)c1cccc(-c2ccnc(N3CCCCC3)n2)c1. The normalized spacial score (nSPS) is 15.0. The zero-order chi connectivity index (χ0) is 14.7. The van der Waals surface area contributed by atoms with Gasteiger partial charge in [0.05, 0.1) is 5.69 Å². The maximum absolute atomic E-state index is 4.76. The molecule has 1 aliphatic heterocycles. The van der Waals surface area contributed by atoms with Crippen LogP contribution in [0.5, 0.6) is 0 Å². The minimum absolute atomic E-state index is 0.863. The van der Waals surface area contributed by atoms with Crippen LogP contribution < -0.4 is 9.80 Å². The van der Waals surface area contributed by atoms with Crippen LogP contribution in [0.2, 0.25) is 0 Å². The summed E-state index contributed by atoms with van der Waals surface area (Å²) in [6.07, 6.45) is 5.67. The Morgan fingerprint density at radius 1 is 1.05 bits per heavy atom. The van der Waals surface area contributed by atoms with E-state index in [2.05, 4.69) is 53.1 Å². The molecule has 0 spiro atoms. The molecule has 2 aromatic rings. The van der Waals surface area contributed by atoms with E-state index in [4.69, 9.17) is 4.98 Å². The highest BCUT2D eigenvalue weighted by Crippen LogP contribution is 2.24. The fraction of sp³-hybridized carbons (Fsp3) is 0.412. The van der Waals surface area contributed by atoms with Crippen molar-refractivity contribution in [1.29, 1.82) is 0 Å². The molecular weight excluding hydrogens is 260 g/mol. The molecule has 2 heterocycles. The van der Waals surface area contributed by atoms with Crippen molar-refractivity contribution < 1.29 is 0 Å². The summed E-state index contributed by atoms with van der Waals surface area (Å²) in [7, 11) is 4.11. The summed E-state index contributed by atoms with van der Waals surface area (Å²) >= 11 is 0. The molecule has 1 aromatic carbocycles. The molecule has 1 aliphatic rings. The lowest BCUT2D eigenvalue weighted by Crippen LogP contribution is -2.30. The van der Waals surface area contributed by atoms with Crippen LogP contribution >= 0.6 is 0 Å². The van der Waals surface area contributed by atoms with Gasteiger partial charge in [0, 0.05) is 44.6 Å². The lowest BCUT2D eigenvalue weighted by Gasteiger charge is -2.26. The van der Waals surface area contributed by atoms with Gasteiger partial charge in [-0.2, -0.15) is 0 Å². The van der Waals surface area contributed by atoms with E-state index in [0.29, 0.717) is 0 Å². The standard InChI is InChI=1S/C17H22N4/c1-20(2)15-8-6-7-14(13-15)16-9-10-18-17(19-16)21-11-4-3-5-12-21/h6-10,13H,3-5,11-12H2,1-2H3. The predicted octanol–water partition coefficient (Wildman–Crippen LogP) is 3.20. The van der Waals surface area contributed by atoms with Crippen molar-refractivity contribution in [1.82, 2.24) is 9.97 Å². The number of rotatable bonds is 3.